The fraction of sp³-hybridized carbons (Fsp3) is 0.750. The molecule has 6 heteroatoms. The van der Waals surface area contributed by atoms with E-state index >= 15 is 0 Å². The number of nitrogens with one attached hydrogen (secondary N) is 3. The van der Waals surface area contributed by atoms with Crippen molar-refractivity contribution >= 4 is 24.4 Å². The lowest BCUT2D eigenvalue weighted by atomic mass is 10.1. The van der Waals surface area contributed by atoms with Gasteiger partial charge in [-0.25, -0.2) is 0 Å². The largest absolute Gasteiger partial charge is 0.356 e. The van der Waals surface area contributed by atoms with Crippen LogP contribution in [0, 0.1) is 0 Å². The van der Waals surface area contributed by atoms with Crippen molar-refractivity contribution in [3.05, 3.63) is 11.5 Å². The maximum absolute atomic E-state index is 11.4. The molecule has 0 aliphatic rings. The van der Waals surface area contributed by atoms with Gasteiger partial charge < -0.3 is 16.0 Å². The van der Waals surface area contributed by atoms with Gasteiger partial charge in [-0.2, -0.15) is 12.6 Å². The van der Waals surface area contributed by atoms with Gasteiger partial charge in [0.2, 0.25) is 11.8 Å². The highest BCUT2D eigenvalue weighted by atomic mass is 32.1. The summed E-state index contributed by atoms with van der Waals surface area (Å²) < 4.78 is 0. The van der Waals surface area contributed by atoms with Gasteiger partial charge in [-0.3, -0.25) is 9.59 Å². The first-order valence-corrected chi connectivity index (χ1v) is 8.64. The number of carbonyl (C=O) groups excluding carboxylic acids is 2. The van der Waals surface area contributed by atoms with E-state index in [4.69, 9.17) is 0 Å². The SMILES string of the molecule is CC(C)NCC(=O)NCCCCCCCNC(=O)C/C=C\S. The third-order valence-electron chi connectivity index (χ3n) is 3.08. The number of hydrogen-bond acceptors (Lipinski definition) is 4. The van der Waals surface area contributed by atoms with E-state index in [0.717, 1.165) is 45.2 Å². The van der Waals surface area contributed by atoms with Gasteiger partial charge in [0.25, 0.3) is 0 Å². The van der Waals surface area contributed by atoms with E-state index in [1.54, 1.807) is 11.5 Å². The van der Waals surface area contributed by atoms with Gasteiger partial charge in [-0.15, -0.1) is 0 Å². The molecular weight excluding hydrogens is 298 g/mol. The second-order valence-corrected chi connectivity index (χ2v) is 5.89. The summed E-state index contributed by atoms with van der Waals surface area (Å²) in [6.07, 6.45) is 7.47. The highest BCUT2D eigenvalue weighted by Crippen LogP contribution is 2.01. The van der Waals surface area contributed by atoms with Gasteiger partial charge in [0.05, 0.1) is 6.54 Å². The standard InChI is InChI=1S/C16H31N3O2S/c1-14(2)19-13-16(21)18-11-7-5-3-4-6-10-17-15(20)9-8-12-22/h8,12,14,19,22H,3-7,9-11,13H2,1-2H3,(H,17,20)(H,18,21)/b12-8-. The molecule has 0 aromatic heterocycles. The van der Waals surface area contributed by atoms with Crippen LogP contribution in [-0.2, 0) is 9.59 Å². The Morgan fingerprint density at radius 2 is 1.50 bits per heavy atom. The van der Waals surface area contributed by atoms with Crippen LogP contribution in [0.2, 0.25) is 0 Å². The number of thiol groups is 1. The molecule has 0 bridgehead atoms. The molecule has 0 saturated heterocycles. The summed E-state index contributed by atoms with van der Waals surface area (Å²) >= 11 is 3.90. The molecule has 0 aromatic rings. The van der Waals surface area contributed by atoms with Gasteiger partial charge in [0, 0.05) is 25.6 Å². The first-order valence-electron chi connectivity index (χ1n) is 8.12. The van der Waals surface area contributed by atoms with Crippen molar-refractivity contribution in [3.63, 3.8) is 0 Å². The fourth-order valence-corrected chi connectivity index (χ4v) is 1.93. The van der Waals surface area contributed by atoms with E-state index in [-0.39, 0.29) is 11.8 Å². The maximum atomic E-state index is 11.4. The summed E-state index contributed by atoms with van der Waals surface area (Å²) in [7, 11) is 0. The van der Waals surface area contributed by atoms with Gasteiger partial charge in [-0.05, 0) is 18.2 Å². The van der Waals surface area contributed by atoms with Gasteiger partial charge in [0.1, 0.15) is 0 Å². The van der Waals surface area contributed by atoms with Crippen molar-refractivity contribution in [2.24, 2.45) is 0 Å². The van der Waals surface area contributed by atoms with Gasteiger partial charge in [0.15, 0.2) is 0 Å². The monoisotopic (exact) mass is 329 g/mol. The van der Waals surface area contributed by atoms with Crippen molar-refractivity contribution in [1.82, 2.24) is 16.0 Å². The number of amides is 2. The van der Waals surface area contributed by atoms with E-state index in [2.05, 4.69) is 28.6 Å². The number of hydrogen-bond donors (Lipinski definition) is 4. The quantitative estimate of drug-likeness (QED) is 0.308. The predicted molar refractivity (Wildman–Crippen MR) is 95.0 cm³/mol. The molecule has 0 rings (SSSR count). The molecule has 0 aliphatic carbocycles. The molecule has 0 heterocycles. The summed E-state index contributed by atoms with van der Waals surface area (Å²) in [6, 6.07) is 0.333. The topological polar surface area (TPSA) is 70.2 Å². The maximum Gasteiger partial charge on any atom is 0.233 e. The average molecular weight is 330 g/mol. The van der Waals surface area contributed by atoms with Crippen LogP contribution in [-0.4, -0.2) is 37.5 Å². The number of rotatable bonds is 13. The van der Waals surface area contributed by atoms with Crippen LogP contribution < -0.4 is 16.0 Å². The van der Waals surface area contributed by atoms with Crippen LogP contribution in [0.15, 0.2) is 11.5 Å². The lowest BCUT2D eigenvalue weighted by Crippen LogP contribution is -2.37. The Morgan fingerprint density at radius 1 is 0.955 bits per heavy atom. The van der Waals surface area contributed by atoms with Crippen molar-refractivity contribution in [3.8, 4) is 0 Å². The van der Waals surface area contributed by atoms with Crippen LogP contribution in [0.1, 0.15) is 52.4 Å². The third-order valence-corrected chi connectivity index (χ3v) is 3.29. The summed E-state index contributed by atoms with van der Waals surface area (Å²) in [6.45, 7) is 5.90. The molecule has 0 radical (unpaired) electrons. The first-order chi connectivity index (χ1) is 10.6. The highest BCUT2D eigenvalue weighted by molar-refractivity contribution is 7.83. The zero-order valence-electron chi connectivity index (χ0n) is 13.9. The minimum Gasteiger partial charge on any atom is -0.356 e. The normalized spacial score (nSPS) is 11.1. The van der Waals surface area contributed by atoms with Crippen molar-refractivity contribution < 1.29 is 9.59 Å². The Morgan fingerprint density at radius 3 is 2.05 bits per heavy atom. The zero-order valence-corrected chi connectivity index (χ0v) is 14.8. The van der Waals surface area contributed by atoms with Crippen LogP contribution in [0.5, 0.6) is 0 Å². The summed E-state index contributed by atoms with van der Waals surface area (Å²) in [5.74, 6) is 0.106. The fourth-order valence-electron chi connectivity index (χ4n) is 1.83. The van der Waals surface area contributed by atoms with Gasteiger partial charge >= 0.3 is 0 Å². The molecule has 128 valence electrons. The lowest BCUT2D eigenvalue weighted by molar-refractivity contribution is -0.121. The summed E-state index contributed by atoms with van der Waals surface area (Å²) in [5.41, 5.74) is 0. The van der Waals surface area contributed by atoms with E-state index in [9.17, 15) is 9.59 Å². The lowest BCUT2D eigenvalue weighted by Gasteiger charge is -2.08. The molecule has 0 saturated carbocycles. The first kappa shape index (κ1) is 21.0. The Bertz CT molecular complexity index is 333. The number of carbonyl (C=O) groups is 2. The summed E-state index contributed by atoms with van der Waals surface area (Å²) in [5, 5.41) is 10.4. The molecule has 5 nitrogen and oxygen atoms in total. The van der Waals surface area contributed by atoms with Crippen LogP contribution >= 0.6 is 12.6 Å². The van der Waals surface area contributed by atoms with Crippen LogP contribution in [0.25, 0.3) is 0 Å². The van der Waals surface area contributed by atoms with E-state index in [0.29, 0.717) is 19.0 Å². The molecule has 0 spiro atoms. The predicted octanol–water partition coefficient (Wildman–Crippen LogP) is 2.00. The molecule has 0 atom stereocenters. The minimum atomic E-state index is 0.0445. The van der Waals surface area contributed by atoms with Crippen LogP contribution in [0.4, 0.5) is 0 Å². The van der Waals surface area contributed by atoms with E-state index < -0.39 is 0 Å². The molecule has 0 unspecified atom stereocenters. The molecule has 22 heavy (non-hydrogen) atoms. The Kier molecular flexibility index (Phi) is 14.2. The van der Waals surface area contributed by atoms with Crippen molar-refractivity contribution in [2.45, 2.75) is 58.4 Å². The minimum absolute atomic E-state index is 0.0445. The zero-order chi connectivity index (χ0) is 16.6. The number of unbranched alkanes of at least 4 members (excludes halogenated alkanes) is 4. The Balaban J connectivity index is 3.26. The molecule has 0 aromatic carbocycles. The molecular formula is C16H31N3O2S. The average Bonchev–Trinajstić information content (AvgIpc) is 2.49. The smallest absolute Gasteiger partial charge is 0.233 e. The molecule has 0 fully saturated rings. The van der Waals surface area contributed by atoms with Gasteiger partial charge in [-0.1, -0.05) is 39.2 Å². The second-order valence-electron chi connectivity index (χ2n) is 5.59. The third kappa shape index (κ3) is 15.4. The van der Waals surface area contributed by atoms with E-state index in [1.807, 2.05) is 13.8 Å². The summed E-state index contributed by atoms with van der Waals surface area (Å²) in [4.78, 5) is 22.7. The molecule has 0 aliphatic heterocycles. The van der Waals surface area contributed by atoms with E-state index in [1.165, 1.54) is 0 Å². The van der Waals surface area contributed by atoms with Crippen molar-refractivity contribution in [1.29, 1.82) is 0 Å². The molecule has 2 amide bonds. The Labute approximate surface area is 140 Å². The van der Waals surface area contributed by atoms with Crippen molar-refractivity contribution in [2.75, 3.05) is 19.6 Å². The highest BCUT2D eigenvalue weighted by Gasteiger charge is 2.01. The van der Waals surface area contributed by atoms with Crippen LogP contribution in [0.3, 0.4) is 0 Å². The Hall–Kier alpha value is -1.01. The molecule has 3 N–H and O–H groups in total. The second kappa shape index (κ2) is 14.9.